The zero-order chi connectivity index (χ0) is 15.3. The third kappa shape index (κ3) is 4.78. The van der Waals surface area contributed by atoms with Gasteiger partial charge in [0.2, 0.25) is 0 Å². The lowest BCUT2D eigenvalue weighted by molar-refractivity contribution is -0.145. The molecule has 0 fully saturated rings. The van der Waals surface area contributed by atoms with Crippen LogP contribution < -0.4 is 10.1 Å². The molecule has 8 heteroatoms. The Morgan fingerprint density at radius 3 is 2.65 bits per heavy atom. The number of hydrogen-bond donors (Lipinski definition) is 3. The summed E-state index contributed by atoms with van der Waals surface area (Å²) in [6.45, 7) is 0.670. The molecule has 0 saturated heterocycles. The number of carboxylic acids is 1. The maximum absolute atomic E-state index is 13.4. The lowest BCUT2D eigenvalue weighted by atomic mass is 10.2. The van der Waals surface area contributed by atoms with E-state index in [1.807, 2.05) is 0 Å². The lowest BCUT2D eigenvalue weighted by Crippen LogP contribution is -2.49. The summed E-state index contributed by atoms with van der Waals surface area (Å²) < 4.78 is 18.9. The van der Waals surface area contributed by atoms with Crippen LogP contribution >= 0.6 is 15.9 Å². The molecule has 0 bridgehead atoms. The molecule has 0 aliphatic rings. The number of amides is 1. The molecule has 20 heavy (non-hydrogen) atoms. The van der Waals surface area contributed by atoms with E-state index in [0.29, 0.717) is 4.47 Å². The largest absolute Gasteiger partial charge is 0.481 e. The number of ether oxygens (including phenoxy) is 1. The van der Waals surface area contributed by atoms with Gasteiger partial charge in [0.05, 0.1) is 6.10 Å². The summed E-state index contributed by atoms with van der Waals surface area (Å²) >= 11 is 3.07. The number of carbonyl (C=O) groups excluding carboxylic acids is 1. The van der Waals surface area contributed by atoms with Gasteiger partial charge in [0.1, 0.15) is 0 Å². The molecule has 1 aromatic carbocycles. The predicted molar refractivity (Wildman–Crippen MR) is 70.8 cm³/mol. The molecule has 0 unspecified atom stereocenters. The second kappa shape index (κ2) is 7.20. The van der Waals surface area contributed by atoms with Gasteiger partial charge in [-0.05, 0) is 25.1 Å². The number of hydrogen-bond acceptors (Lipinski definition) is 4. The standard InChI is InChI=1S/C12H13BrFNO5/c1-6(16)11(12(18)19)15-10(17)5-20-9-3-2-7(13)4-8(9)14/h2-4,6,11,16H,5H2,1H3,(H,15,17)(H,18,19)/t6-,11+/m1/s1. The van der Waals surface area contributed by atoms with Gasteiger partial charge in [-0.3, -0.25) is 4.79 Å². The van der Waals surface area contributed by atoms with Crippen LogP contribution in [0.5, 0.6) is 5.75 Å². The van der Waals surface area contributed by atoms with E-state index in [2.05, 4.69) is 21.2 Å². The van der Waals surface area contributed by atoms with E-state index in [1.54, 1.807) is 0 Å². The number of aliphatic hydroxyl groups is 1. The van der Waals surface area contributed by atoms with E-state index in [4.69, 9.17) is 9.84 Å². The molecular weight excluding hydrogens is 337 g/mol. The fourth-order valence-corrected chi connectivity index (χ4v) is 1.67. The van der Waals surface area contributed by atoms with Crippen LogP contribution in [-0.2, 0) is 9.59 Å². The number of carbonyl (C=O) groups is 2. The minimum Gasteiger partial charge on any atom is -0.481 e. The Balaban J connectivity index is 2.57. The topological polar surface area (TPSA) is 95.9 Å². The quantitative estimate of drug-likeness (QED) is 0.709. The number of benzene rings is 1. The second-order valence-electron chi connectivity index (χ2n) is 3.99. The van der Waals surface area contributed by atoms with Crippen molar-refractivity contribution < 1.29 is 28.9 Å². The second-order valence-corrected chi connectivity index (χ2v) is 4.90. The number of rotatable bonds is 6. The van der Waals surface area contributed by atoms with E-state index in [-0.39, 0.29) is 5.75 Å². The molecule has 6 nitrogen and oxygen atoms in total. The van der Waals surface area contributed by atoms with Gasteiger partial charge in [0, 0.05) is 4.47 Å². The average Bonchev–Trinajstić information content (AvgIpc) is 2.34. The maximum atomic E-state index is 13.4. The summed E-state index contributed by atoms with van der Waals surface area (Å²) in [5, 5.41) is 20.0. The third-order valence-corrected chi connectivity index (χ3v) is 2.81. The fourth-order valence-electron chi connectivity index (χ4n) is 1.34. The van der Waals surface area contributed by atoms with Crippen LogP contribution in [0.15, 0.2) is 22.7 Å². The molecule has 0 heterocycles. The highest BCUT2D eigenvalue weighted by Crippen LogP contribution is 2.21. The summed E-state index contributed by atoms with van der Waals surface area (Å²) in [5.41, 5.74) is 0. The maximum Gasteiger partial charge on any atom is 0.328 e. The van der Waals surface area contributed by atoms with Crippen molar-refractivity contribution in [2.75, 3.05) is 6.61 Å². The molecule has 0 radical (unpaired) electrons. The van der Waals surface area contributed by atoms with Crippen LogP contribution in [0, 0.1) is 5.82 Å². The Kier molecular flexibility index (Phi) is 5.90. The Morgan fingerprint density at radius 2 is 2.15 bits per heavy atom. The van der Waals surface area contributed by atoms with Crippen molar-refractivity contribution in [3.8, 4) is 5.75 Å². The van der Waals surface area contributed by atoms with Gasteiger partial charge >= 0.3 is 5.97 Å². The van der Waals surface area contributed by atoms with Crippen molar-refractivity contribution in [3.63, 3.8) is 0 Å². The van der Waals surface area contributed by atoms with Crippen LogP contribution in [0.4, 0.5) is 4.39 Å². The summed E-state index contributed by atoms with van der Waals surface area (Å²) in [4.78, 5) is 22.2. The zero-order valence-corrected chi connectivity index (χ0v) is 12.1. The summed E-state index contributed by atoms with van der Waals surface area (Å²) in [5.74, 6) is -2.94. The van der Waals surface area contributed by atoms with Crippen LogP contribution in [-0.4, -0.2) is 40.8 Å². The van der Waals surface area contributed by atoms with Crippen molar-refractivity contribution in [2.24, 2.45) is 0 Å². The van der Waals surface area contributed by atoms with E-state index in [0.717, 1.165) is 0 Å². The van der Waals surface area contributed by atoms with Gasteiger partial charge in [-0.25, -0.2) is 9.18 Å². The highest BCUT2D eigenvalue weighted by Gasteiger charge is 2.25. The molecule has 2 atom stereocenters. The molecule has 3 N–H and O–H groups in total. The van der Waals surface area contributed by atoms with Crippen molar-refractivity contribution in [3.05, 3.63) is 28.5 Å². The van der Waals surface area contributed by atoms with E-state index >= 15 is 0 Å². The normalized spacial score (nSPS) is 13.4. The van der Waals surface area contributed by atoms with Gasteiger partial charge in [0.25, 0.3) is 5.91 Å². The molecular formula is C12H13BrFNO5. The minimum absolute atomic E-state index is 0.132. The molecule has 0 aliphatic heterocycles. The molecule has 0 saturated carbocycles. The van der Waals surface area contributed by atoms with Crippen LogP contribution in [0.3, 0.4) is 0 Å². The number of aliphatic hydroxyl groups excluding tert-OH is 1. The fraction of sp³-hybridized carbons (Fsp3) is 0.333. The molecule has 110 valence electrons. The van der Waals surface area contributed by atoms with Crippen LogP contribution in [0.2, 0.25) is 0 Å². The van der Waals surface area contributed by atoms with E-state index < -0.39 is 36.4 Å². The van der Waals surface area contributed by atoms with Crippen molar-refractivity contribution in [1.82, 2.24) is 5.32 Å². The van der Waals surface area contributed by atoms with Crippen molar-refractivity contribution >= 4 is 27.8 Å². The average molecular weight is 350 g/mol. The number of aliphatic carboxylic acids is 1. The number of nitrogens with one attached hydrogen (secondary N) is 1. The van der Waals surface area contributed by atoms with Crippen LogP contribution in [0.25, 0.3) is 0 Å². The predicted octanol–water partition coefficient (Wildman–Crippen LogP) is 0.917. The van der Waals surface area contributed by atoms with Crippen LogP contribution in [0.1, 0.15) is 6.92 Å². The first-order valence-electron chi connectivity index (χ1n) is 5.59. The molecule has 1 amide bonds. The number of halogens is 2. The summed E-state index contributed by atoms with van der Waals surface area (Å²) in [7, 11) is 0. The smallest absolute Gasteiger partial charge is 0.328 e. The molecule has 0 aromatic heterocycles. The molecule has 1 aromatic rings. The highest BCUT2D eigenvalue weighted by atomic mass is 79.9. The minimum atomic E-state index is -1.44. The Hall–Kier alpha value is -1.67. The SMILES string of the molecule is C[C@@H](O)[C@H](NC(=O)COc1ccc(Br)cc1F)C(=O)O. The van der Waals surface area contributed by atoms with Gasteiger partial charge in [0.15, 0.2) is 24.2 Å². The van der Waals surface area contributed by atoms with Gasteiger partial charge in [-0.1, -0.05) is 15.9 Å². The Labute approximate surface area is 122 Å². The zero-order valence-electron chi connectivity index (χ0n) is 10.5. The Bertz CT molecular complexity index is 509. The molecule has 1 rings (SSSR count). The van der Waals surface area contributed by atoms with Gasteiger partial charge in [-0.15, -0.1) is 0 Å². The summed E-state index contributed by atoms with van der Waals surface area (Å²) in [6, 6.07) is 2.59. The van der Waals surface area contributed by atoms with E-state index in [1.165, 1.54) is 25.1 Å². The van der Waals surface area contributed by atoms with E-state index in [9.17, 15) is 19.1 Å². The van der Waals surface area contributed by atoms with Gasteiger partial charge in [-0.2, -0.15) is 0 Å². The molecule has 0 aliphatic carbocycles. The van der Waals surface area contributed by atoms with Crippen molar-refractivity contribution in [2.45, 2.75) is 19.1 Å². The number of carboxylic acid groups (broad SMARTS) is 1. The summed E-state index contributed by atoms with van der Waals surface area (Å²) in [6.07, 6.45) is -1.26. The van der Waals surface area contributed by atoms with Gasteiger partial charge < -0.3 is 20.3 Å². The molecule has 0 spiro atoms. The first kappa shape index (κ1) is 16.4. The van der Waals surface area contributed by atoms with Crippen molar-refractivity contribution in [1.29, 1.82) is 0 Å². The lowest BCUT2D eigenvalue weighted by Gasteiger charge is -2.17. The third-order valence-electron chi connectivity index (χ3n) is 2.32. The first-order chi connectivity index (χ1) is 9.31. The monoisotopic (exact) mass is 349 g/mol. The highest BCUT2D eigenvalue weighted by molar-refractivity contribution is 9.10. The Morgan fingerprint density at radius 1 is 1.50 bits per heavy atom. The first-order valence-corrected chi connectivity index (χ1v) is 6.38.